The normalized spacial score (nSPS) is 14.2. The van der Waals surface area contributed by atoms with Gasteiger partial charge in [-0.3, -0.25) is 24.0 Å². The number of halogens is 15. The first-order chi connectivity index (χ1) is 51.2. The molecule has 0 aliphatic rings. The zero-order chi connectivity index (χ0) is 88.5. The van der Waals surface area contributed by atoms with Gasteiger partial charge in [0.05, 0.1) is 65.2 Å². The predicted octanol–water partition coefficient (Wildman–Crippen LogP) is 16.2. The van der Waals surface area contributed by atoms with E-state index in [1.54, 1.807) is 91.0 Å². The first-order valence-electron chi connectivity index (χ1n) is 34.9. The number of carbonyl (C=O) groups is 10. The average Bonchev–Trinajstić information content (AvgIpc) is 0.836. The molecular formula is C75H106F15N5O18. The second-order valence-corrected chi connectivity index (χ2v) is 30.5. The SMILES string of the molecule is CC(C)(CC(N)C(=O)O)C(F)(F)F.CC(C)(C[C@@H](NC(=O)OCc1ccccc1)C(=O)O)C(F)(F)F.CC(C)(C[C@H](NC(=O)OCc1ccccc1)C(=O)O)C(F)(F)F.COC(=O)[C@@H](CC(=O)[C@@H](CC(C)(C)C(F)(F)F)NC(=O)OCc1ccccc1)CC(C)C.COC(=O)[C@@H](CC(=O)[C@H](N)CC(C)(C)C(F)(F)F)CC(C)C. The van der Waals surface area contributed by atoms with E-state index in [2.05, 4.69) is 10.1 Å². The number of ketones is 2. The van der Waals surface area contributed by atoms with Gasteiger partial charge in [-0.25, -0.2) is 24.0 Å². The molecule has 7 atom stereocenters. The molecule has 0 radical (unpaired) electrons. The lowest BCUT2D eigenvalue weighted by atomic mass is 9.81. The molecule has 23 nitrogen and oxygen atoms in total. The van der Waals surface area contributed by atoms with Gasteiger partial charge in [0.2, 0.25) is 0 Å². The fourth-order valence-corrected chi connectivity index (χ4v) is 9.55. The number of carboxylic acids is 3. The van der Waals surface area contributed by atoms with Crippen LogP contribution in [0.3, 0.4) is 0 Å². The van der Waals surface area contributed by atoms with Crippen molar-refractivity contribution in [2.75, 3.05) is 14.2 Å². The van der Waals surface area contributed by atoms with Crippen LogP contribution in [-0.2, 0) is 77.1 Å². The summed E-state index contributed by atoms with van der Waals surface area (Å²) in [6.45, 7) is 16.4. The molecule has 0 aliphatic carbocycles. The van der Waals surface area contributed by atoms with Gasteiger partial charge in [0.25, 0.3) is 0 Å². The van der Waals surface area contributed by atoms with Crippen LogP contribution < -0.4 is 27.4 Å². The first kappa shape index (κ1) is 106. The van der Waals surface area contributed by atoms with Crippen molar-refractivity contribution in [3.8, 4) is 0 Å². The van der Waals surface area contributed by atoms with Crippen LogP contribution in [0.1, 0.15) is 171 Å². The van der Waals surface area contributed by atoms with E-state index in [9.17, 15) is 114 Å². The van der Waals surface area contributed by atoms with Gasteiger partial charge in [0, 0.05) is 12.8 Å². The quantitative estimate of drug-likeness (QED) is 0.0156. The number of amides is 3. The summed E-state index contributed by atoms with van der Waals surface area (Å²) in [5, 5.41) is 32.5. The Balaban J connectivity index is 0. The highest BCUT2D eigenvalue weighted by Crippen LogP contribution is 2.45. The Bertz CT molecular complexity index is 3350. The lowest BCUT2D eigenvalue weighted by molar-refractivity contribution is -0.216. The minimum Gasteiger partial charge on any atom is -0.480 e. The maximum Gasteiger partial charge on any atom is 0.408 e. The Kier molecular flexibility index (Phi) is 43.6. The molecule has 0 saturated heterocycles. The van der Waals surface area contributed by atoms with Crippen molar-refractivity contribution in [1.29, 1.82) is 0 Å². The molecule has 3 amide bonds. The number of Topliss-reactive ketones (excluding diaryl/α,β-unsaturated/α-hetero) is 2. The van der Waals surface area contributed by atoms with E-state index in [-0.39, 0.29) is 44.5 Å². The van der Waals surface area contributed by atoms with E-state index in [1.807, 2.05) is 38.3 Å². The molecule has 0 bridgehead atoms. The Morgan fingerprint density at radius 3 is 0.814 bits per heavy atom. The largest absolute Gasteiger partial charge is 0.480 e. The third-order valence-electron chi connectivity index (χ3n) is 17.1. The zero-order valence-electron chi connectivity index (χ0n) is 65.6. The van der Waals surface area contributed by atoms with Gasteiger partial charge in [-0.15, -0.1) is 0 Å². The second-order valence-electron chi connectivity index (χ2n) is 30.5. The molecule has 10 N–H and O–H groups in total. The van der Waals surface area contributed by atoms with E-state index in [0.29, 0.717) is 29.5 Å². The highest BCUT2D eigenvalue weighted by molar-refractivity contribution is 5.91. The average molecular weight is 1650 g/mol. The fraction of sp³-hybridized carbons (Fsp3) is 0.627. The van der Waals surface area contributed by atoms with Crippen molar-refractivity contribution < 1.29 is 153 Å². The third kappa shape index (κ3) is 41.1. The summed E-state index contributed by atoms with van der Waals surface area (Å²) in [5.74, 6) is -8.19. The number of aliphatic carboxylic acids is 3. The second kappa shape index (κ2) is 46.4. The number of carbonyl (C=O) groups excluding carboxylic acids is 7. The van der Waals surface area contributed by atoms with Gasteiger partial charge in [-0.05, 0) is 73.5 Å². The van der Waals surface area contributed by atoms with Gasteiger partial charge in [0.1, 0.15) is 43.7 Å². The first-order valence-corrected chi connectivity index (χ1v) is 34.9. The van der Waals surface area contributed by atoms with Gasteiger partial charge in [0.15, 0.2) is 5.78 Å². The van der Waals surface area contributed by atoms with Crippen LogP contribution in [0.4, 0.5) is 80.2 Å². The number of hydrogen-bond donors (Lipinski definition) is 8. The number of carboxylic acid groups (broad SMARTS) is 3. The van der Waals surface area contributed by atoms with E-state index >= 15 is 0 Å². The molecule has 3 aromatic carbocycles. The maximum absolute atomic E-state index is 13.5. The Morgan fingerprint density at radius 1 is 0.354 bits per heavy atom. The molecule has 0 heterocycles. The molecule has 38 heteroatoms. The number of alkyl carbamates (subject to hydrolysis) is 3. The van der Waals surface area contributed by atoms with E-state index in [4.69, 9.17) is 45.7 Å². The number of esters is 2. The van der Waals surface area contributed by atoms with Crippen molar-refractivity contribution in [2.24, 2.45) is 62.2 Å². The molecule has 3 rings (SSSR count). The number of methoxy groups -OCH3 is 2. The summed E-state index contributed by atoms with van der Waals surface area (Å²) in [7, 11) is 2.40. The molecular weight excluding hydrogens is 1540 g/mol. The lowest BCUT2D eigenvalue weighted by Gasteiger charge is -2.32. The molecule has 644 valence electrons. The maximum atomic E-state index is 13.5. The number of nitrogens with two attached hydrogens (primary N) is 2. The Hall–Kier alpha value is -8.97. The van der Waals surface area contributed by atoms with Crippen LogP contribution >= 0.6 is 0 Å². The molecule has 0 spiro atoms. The molecule has 0 aliphatic heterocycles. The summed E-state index contributed by atoms with van der Waals surface area (Å²) < 4.78 is 217. The van der Waals surface area contributed by atoms with Crippen molar-refractivity contribution in [3.63, 3.8) is 0 Å². The van der Waals surface area contributed by atoms with Gasteiger partial charge in [-0.1, -0.05) is 188 Å². The standard InChI is InChI=1S/C23H32F3NO5.2C15H18F3NO4.C15H26F3NO3.C7H12F3NO2/c1-15(2)11-17(20(29)31-5)12-19(28)18(13-22(3,4)23(24,25)26)27-21(30)32-14-16-9-7-6-8-10-16;2*1-14(2,15(16,17)18)8-11(12(20)21)19-13(22)23-9-10-6-4-3-5-7-10;1-9(2)6-10(13(21)22-5)7-12(20)11(19)8-14(3,4)15(16,17)18;1-6(2,7(8,9)10)3-4(11)5(12)13/h6-10,15,17-18H,11-14H2,1-5H3,(H,27,30);2*3-7,11H,8-9H2,1-2H3,(H,19,22)(H,20,21);9-11H,6-8,19H2,1-5H3;4H,3,11H2,1-2H3,(H,12,13)/t17-,18-;2*11-;10-,11-;/m1101./s1. The van der Waals surface area contributed by atoms with Crippen molar-refractivity contribution >= 4 is 59.7 Å². The Morgan fingerprint density at radius 2 is 0.584 bits per heavy atom. The molecule has 0 saturated carbocycles. The van der Waals surface area contributed by atoms with Crippen molar-refractivity contribution in [2.45, 2.75) is 236 Å². The summed E-state index contributed by atoms with van der Waals surface area (Å²) in [5.41, 5.74) is 1.75. The number of benzene rings is 3. The van der Waals surface area contributed by atoms with Gasteiger partial charge < -0.3 is 66.4 Å². The highest BCUT2D eigenvalue weighted by atomic mass is 19.4. The fourth-order valence-electron chi connectivity index (χ4n) is 9.55. The van der Waals surface area contributed by atoms with Crippen molar-refractivity contribution in [3.05, 3.63) is 108 Å². The molecule has 3 aromatic rings. The zero-order valence-corrected chi connectivity index (χ0v) is 65.6. The summed E-state index contributed by atoms with van der Waals surface area (Å²) in [6, 6.07) is 18.3. The number of ether oxygens (including phenoxy) is 5. The molecule has 113 heavy (non-hydrogen) atoms. The van der Waals surface area contributed by atoms with Crippen LogP contribution in [0.15, 0.2) is 91.0 Å². The number of nitrogens with one attached hydrogen (secondary N) is 3. The Labute approximate surface area is 646 Å². The van der Waals surface area contributed by atoms with E-state index in [1.165, 1.54) is 14.2 Å². The smallest absolute Gasteiger partial charge is 0.408 e. The minimum absolute atomic E-state index is 0.0563. The lowest BCUT2D eigenvalue weighted by Crippen LogP contribution is -2.47. The van der Waals surface area contributed by atoms with Crippen molar-refractivity contribution in [1.82, 2.24) is 16.0 Å². The van der Waals surface area contributed by atoms with Crippen LogP contribution in [-0.4, -0.2) is 150 Å². The highest BCUT2D eigenvalue weighted by Gasteiger charge is 2.53. The molecule has 1 unspecified atom stereocenters. The summed E-state index contributed by atoms with van der Waals surface area (Å²) in [4.78, 5) is 117. The topological polar surface area (TPSA) is 366 Å². The van der Waals surface area contributed by atoms with Crippen LogP contribution in [0.25, 0.3) is 0 Å². The summed E-state index contributed by atoms with van der Waals surface area (Å²) >= 11 is 0. The van der Waals surface area contributed by atoms with Gasteiger partial charge in [-0.2, -0.15) is 65.9 Å². The molecule has 0 aromatic heterocycles. The van der Waals surface area contributed by atoms with Crippen LogP contribution in [0, 0.1) is 50.7 Å². The van der Waals surface area contributed by atoms with E-state index in [0.717, 1.165) is 69.2 Å². The van der Waals surface area contributed by atoms with E-state index < -0.39 is 192 Å². The predicted molar refractivity (Wildman–Crippen MR) is 381 cm³/mol. The number of rotatable bonds is 34. The monoisotopic (exact) mass is 1650 g/mol. The molecule has 0 fully saturated rings. The van der Waals surface area contributed by atoms with Gasteiger partial charge >= 0.3 is 79.0 Å². The summed E-state index contributed by atoms with van der Waals surface area (Å²) in [6.07, 6.45) is -29.0. The van der Waals surface area contributed by atoms with Crippen LogP contribution in [0.5, 0.6) is 0 Å². The van der Waals surface area contributed by atoms with Crippen LogP contribution in [0.2, 0.25) is 0 Å². The number of hydrogen-bond acceptors (Lipinski definition) is 17. The minimum atomic E-state index is -4.60. The third-order valence-corrected chi connectivity index (χ3v) is 17.1. The number of alkyl halides is 15.